The maximum Gasteiger partial charge on any atom is 0.251 e. The predicted molar refractivity (Wildman–Crippen MR) is 122 cm³/mol. The van der Waals surface area contributed by atoms with Crippen molar-refractivity contribution in [3.63, 3.8) is 0 Å². The van der Waals surface area contributed by atoms with Crippen LogP contribution in [0.5, 0.6) is 0 Å². The highest BCUT2D eigenvalue weighted by atomic mass is 16.1. The summed E-state index contributed by atoms with van der Waals surface area (Å²) in [6.07, 6.45) is 6.05. The number of benzene rings is 2. The van der Waals surface area contributed by atoms with Crippen LogP contribution in [0.15, 0.2) is 48.5 Å². The van der Waals surface area contributed by atoms with Crippen molar-refractivity contribution < 1.29 is 4.79 Å². The van der Waals surface area contributed by atoms with E-state index in [9.17, 15) is 4.79 Å². The molecule has 2 bridgehead atoms. The van der Waals surface area contributed by atoms with Crippen molar-refractivity contribution in [3.05, 3.63) is 70.8 Å². The van der Waals surface area contributed by atoms with Gasteiger partial charge in [-0.1, -0.05) is 50.2 Å². The van der Waals surface area contributed by atoms with Crippen molar-refractivity contribution in [2.24, 2.45) is 11.8 Å². The van der Waals surface area contributed by atoms with Crippen molar-refractivity contribution >= 4 is 5.91 Å². The van der Waals surface area contributed by atoms with Crippen LogP contribution in [0.3, 0.4) is 0 Å². The minimum absolute atomic E-state index is 0.0540. The second-order valence-corrected chi connectivity index (χ2v) is 10.0. The molecule has 0 spiro atoms. The fourth-order valence-electron chi connectivity index (χ4n) is 5.77. The SMILES string of the molecule is C[C@H]1[C@@H]2Cc3ccc(C(=O)NCCc4ccccc4)cc3[C@@]1(C)CCN2CC1CC1. The summed E-state index contributed by atoms with van der Waals surface area (Å²) in [6, 6.07) is 17.5. The molecule has 1 saturated heterocycles. The average Bonchev–Trinajstić information content (AvgIpc) is 3.57. The third-order valence-corrected chi connectivity index (χ3v) is 8.12. The second kappa shape index (κ2) is 7.85. The van der Waals surface area contributed by atoms with Crippen LogP contribution in [0, 0.1) is 11.8 Å². The summed E-state index contributed by atoms with van der Waals surface area (Å²) in [5.74, 6) is 1.64. The zero-order chi connectivity index (χ0) is 20.7. The van der Waals surface area contributed by atoms with Crippen LogP contribution in [0.25, 0.3) is 0 Å². The average molecular weight is 403 g/mol. The van der Waals surface area contributed by atoms with E-state index >= 15 is 0 Å². The Morgan fingerprint density at radius 1 is 1.17 bits per heavy atom. The molecule has 2 aromatic carbocycles. The fourth-order valence-corrected chi connectivity index (χ4v) is 5.77. The van der Waals surface area contributed by atoms with Crippen LogP contribution in [-0.2, 0) is 18.3 Å². The van der Waals surface area contributed by atoms with Crippen LogP contribution < -0.4 is 5.32 Å². The number of amides is 1. The van der Waals surface area contributed by atoms with Crippen LogP contribution in [0.1, 0.15) is 60.2 Å². The normalized spacial score (nSPS) is 28.1. The quantitative estimate of drug-likeness (QED) is 0.766. The molecule has 3 aliphatic rings. The van der Waals surface area contributed by atoms with E-state index < -0.39 is 0 Å². The molecule has 158 valence electrons. The maximum absolute atomic E-state index is 12.8. The molecule has 3 nitrogen and oxygen atoms in total. The Balaban J connectivity index is 1.30. The molecule has 1 N–H and O–H groups in total. The molecule has 5 rings (SSSR count). The van der Waals surface area contributed by atoms with Gasteiger partial charge < -0.3 is 5.32 Å². The van der Waals surface area contributed by atoms with Crippen LogP contribution >= 0.6 is 0 Å². The standard InChI is InChI=1S/C27H34N2O/c1-19-25-17-22-10-11-23(26(30)28-14-12-20-6-4-3-5-7-20)16-24(22)27(19,2)13-15-29(25)18-21-8-9-21/h3-7,10-11,16,19,21,25H,8-9,12-15,17-18H2,1-2H3,(H,28,30)/t19-,25-,27-/m0/s1. The highest BCUT2D eigenvalue weighted by molar-refractivity contribution is 5.94. The minimum Gasteiger partial charge on any atom is -0.352 e. The van der Waals surface area contributed by atoms with Gasteiger partial charge in [0.1, 0.15) is 0 Å². The van der Waals surface area contributed by atoms with Crippen molar-refractivity contribution in [2.45, 2.75) is 57.4 Å². The van der Waals surface area contributed by atoms with Gasteiger partial charge in [-0.25, -0.2) is 0 Å². The van der Waals surface area contributed by atoms with Gasteiger partial charge >= 0.3 is 0 Å². The van der Waals surface area contributed by atoms with E-state index in [-0.39, 0.29) is 11.3 Å². The molecular formula is C27H34N2O. The highest BCUT2D eigenvalue weighted by Crippen LogP contribution is 2.49. The van der Waals surface area contributed by atoms with Crippen molar-refractivity contribution in [3.8, 4) is 0 Å². The number of carbonyl (C=O) groups excluding carboxylic acids is 1. The Morgan fingerprint density at radius 2 is 1.97 bits per heavy atom. The van der Waals surface area contributed by atoms with Gasteiger partial charge in [0.05, 0.1) is 0 Å². The van der Waals surface area contributed by atoms with Gasteiger partial charge in [0, 0.05) is 24.7 Å². The molecule has 3 atom stereocenters. The van der Waals surface area contributed by atoms with Crippen LogP contribution in [0.2, 0.25) is 0 Å². The molecule has 3 heteroatoms. The summed E-state index contributed by atoms with van der Waals surface area (Å²) in [5, 5.41) is 3.12. The first kappa shape index (κ1) is 19.8. The van der Waals surface area contributed by atoms with Gasteiger partial charge in [-0.3, -0.25) is 9.69 Å². The van der Waals surface area contributed by atoms with Crippen molar-refractivity contribution in [1.29, 1.82) is 0 Å². The lowest BCUT2D eigenvalue weighted by Gasteiger charge is -2.55. The number of hydrogen-bond acceptors (Lipinski definition) is 2. The first-order chi connectivity index (χ1) is 14.5. The molecule has 1 saturated carbocycles. The number of piperidine rings is 1. The third-order valence-electron chi connectivity index (χ3n) is 8.12. The highest BCUT2D eigenvalue weighted by Gasteiger charge is 2.49. The van der Waals surface area contributed by atoms with Gasteiger partial charge in [0.15, 0.2) is 0 Å². The number of nitrogens with zero attached hydrogens (tertiary/aromatic N) is 1. The molecule has 1 heterocycles. The molecule has 30 heavy (non-hydrogen) atoms. The Kier molecular flexibility index (Phi) is 5.18. The van der Waals surface area contributed by atoms with E-state index in [2.05, 4.69) is 48.3 Å². The molecule has 1 amide bonds. The molecule has 0 aromatic heterocycles. The van der Waals surface area contributed by atoms with E-state index in [1.807, 2.05) is 24.3 Å². The van der Waals surface area contributed by atoms with Gasteiger partial charge in [0.25, 0.3) is 5.91 Å². The van der Waals surface area contributed by atoms with Crippen molar-refractivity contribution in [2.75, 3.05) is 19.6 Å². The first-order valence-corrected chi connectivity index (χ1v) is 11.7. The van der Waals surface area contributed by atoms with E-state index in [1.165, 1.54) is 49.0 Å². The Morgan fingerprint density at radius 3 is 2.73 bits per heavy atom. The molecule has 2 aromatic rings. The lowest BCUT2D eigenvalue weighted by atomic mass is 9.59. The van der Waals surface area contributed by atoms with E-state index in [0.717, 1.165) is 24.3 Å². The molecule has 2 aliphatic carbocycles. The first-order valence-electron chi connectivity index (χ1n) is 11.7. The summed E-state index contributed by atoms with van der Waals surface area (Å²) in [4.78, 5) is 15.6. The summed E-state index contributed by atoms with van der Waals surface area (Å²) < 4.78 is 0. The Bertz CT molecular complexity index is 920. The molecule has 2 fully saturated rings. The summed E-state index contributed by atoms with van der Waals surface area (Å²) in [6.45, 7) is 8.05. The van der Waals surface area contributed by atoms with Crippen LogP contribution in [0.4, 0.5) is 0 Å². The van der Waals surface area contributed by atoms with Gasteiger partial charge in [-0.05, 0) is 84.7 Å². The minimum atomic E-state index is 0.0540. The van der Waals surface area contributed by atoms with Gasteiger partial charge in [-0.15, -0.1) is 0 Å². The Labute approximate surface area is 180 Å². The fraction of sp³-hybridized carbons (Fsp3) is 0.519. The topological polar surface area (TPSA) is 32.3 Å². The Hall–Kier alpha value is -2.13. The van der Waals surface area contributed by atoms with E-state index in [0.29, 0.717) is 18.5 Å². The van der Waals surface area contributed by atoms with Gasteiger partial charge in [0.2, 0.25) is 0 Å². The molecule has 0 radical (unpaired) electrons. The largest absolute Gasteiger partial charge is 0.352 e. The molecule has 1 aliphatic heterocycles. The number of nitrogens with one attached hydrogen (secondary N) is 1. The number of hydrogen-bond donors (Lipinski definition) is 1. The van der Waals surface area contributed by atoms with Crippen molar-refractivity contribution in [1.82, 2.24) is 10.2 Å². The number of carbonyl (C=O) groups is 1. The zero-order valence-corrected chi connectivity index (χ0v) is 18.4. The summed E-state index contributed by atoms with van der Waals surface area (Å²) in [7, 11) is 0. The monoisotopic (exact) mass is 402 g/mol. The lowest BCUT2D eigenvalue weighted by molar-refractivity contribution is 0.0284. The summed E-state index contributed by atoms with van der Waals surface area (Å²) in [5.41, 5.74) is 5.14. The maximum atomic E-state index is 12.8. The predicted octanol–water partition coefficient (Wildman–Crippen LogP) is 4.59. The second-order valence-electron chi connectivity index (χ2n) is 10.0. The van der Waals surface area contributed by atoms with Gasteiger partial charge in [-0.2, -0.15) is 0 Å². The summed E-state index contributed by atoms with van der Waals surface area (Å²) >= 11 is 0. The molecule has 0 unspecified atom stereocenters. The smallest absolute Gasteiger partial charge is 0.251 e. The number of likely N-dealkylation sites (tertiary alicyclic amines) is 1. The molecular weight excluding hydrogens is 368 g/mol. The van der Waals surface area contributed by atoms with E-state index in [4.69, 9.17) is 0 Å². The van der Waals surface area contributed by atoms with Crippen LogP contribution in [-0.4, -0.2) is 36.5 Å². The number of rotatable bonds is 6. The zero-order valence-electron chi connectivity index (χ0n) is 18.4. The third kappa shape index (κ3) is 3.69. The number of fused-ring (bicyclic) bond motifs is 4. The lowest BCUT2D eigenvalue weighted by Crippen LogP contribution is -2.58. The van der Waals surface area contributed by atoms with E-state index in [1.54, 1.807) is 0 Å².